The monoisotopic (exact) mass is 450 g/mol. The molecule has 0 aliphatic rings. The first kappa shape index (κ1) is 23.5. The van der Waals surface area contributed by atoms with Crippen molar-refractivity contribution in [3.8, 4) is 0 Å². The van der Waals surface area contributed by atoms with E-state index in [2.05, 4.69) is 24.5 Å². The third kappa shape index (κ3) is 5.54. The normalized spacial score (nSPS) is 10.6. The van der Waals surface area contributed by atoms with Crippen molar-refractivity contribution >= 4 is 40.4 Å². The Morgan fingerprint density at radius 1 is 0.969 bits per heavy atom. The number of rotatable bonds is 8. The molecule has 4 N–H and O–H groups in total. The lowest BCUT2D eigenvalue weighted by Crippen LogP contribution is -2.37. The lowest BCUT2D eigenvalue weighted by atomic mass is 10.0. The van der Waals surface area contributed by atoms with Crippen molar-refractivity contribution in [2.75, 3.05) is 34.9 Å². The van der Waals surface area contributed by atoms with Gasteiger partial charge < -0.3 is 16.4 Å². The van der Waals surface area contributed by atoms with Crippen molar-refractivity contribution in [2.45, 2.75) is 33.1 Å². The molecule has 0 aliphatic heterocycles. The van der Waals surface area contributed by atoms with Crippen LogP contribution in [0.2, 0.25) is 5.02 Å². The van der Waals surface area contributed by atoms with Gasteiger partial charge in [0.2, 0.25) is 0 Å². The van der Waals surface area contributed by atoms with Gasteiger partial charge in [0.15, 0.2) is 0 Å². The lowest BCUT2D eigenvalue weighted by Gasteiger charge is -2.25. The van der Waals surface area contributed by atoms with Crippen molar-refractivity contribution in [2.24, 2.45) is 0 Å². The summed E-state index contributed by atoms with van der Waals surface area (Å²) >= 11 is 6.02. The molecular formula is C26H31ClN4O. The van der Waals surface area contributed by atoms with Gasteiger partial charge in [-0.25, -0.2) is 4.79 Å². The fraction of sp³-hybridized carbons (Fsp3) is 0.269. The Morgan fingerprint density at radius 2 is 1.66 bits per heavy atom. The predicted molar refractivity (Wildman–Crippen MR) is 137 cm³/mol. The number of urea groups is 1. The number of hydrogen-bond donors (Lipinski definition) is 3. The highest BCUT2D eigenvalue weighted by molar-refractivity contribution is 6.30. The molecule has 3 aromatic carbocycles. The molecule has 168 valence electrons. The molecule has 0 saturated heterocycles. The van der Waals surface area contributed by atoms with Gasteiger partial charge in [-0.2, -0.15) is 0 Å². The molecule has 0 aromatic heterocycles. The first-order valence-electron chi connectivity index (χ1n) is 11.0. The van der Waals surface area contributed by atoms with Gasteiger partial charge in [0.1, 0.15) is 0 Å². The number of carbonyl (C=O) groups excluding carboxylic acids is 1. The van der Waals surface area contributed by atoms with Crippen molar-refractivity contribution < 1.29 is 4.79 Å². The highest BCUT2D eigenvalue weighted by Crippen LogP contribution is 2.29. The molecule has 0 unspecified atom stereocenters. The fourth-order valence-corrected chi connectivity index (χ4v) is 3.89. The molecule has 5 nitrogen and oxygen atoms in total. The van der Waals surface area contributed by atoms with E-state index < -0.39 is 0 Å². The first-order valence-corrected chi connectivity index (χ1v) is 11.4. The summed E-state index contributed by atoms with van der Waals surface area (Å²) in [5.41, 5.74) is 12.7. The van der Waals surface area contributed by atoms with Gasteiger partial charge in [0.25, 0.3) is 0 Å². The molecule has 0 aliphatic carbocycles. The van der Waals surface area contributed by atoms with Crippen LogP contribution in [-0.2, 0) is 19.3 Å². The number of hydrogen-bond acceptors (Lipinski definition) is 3. The number of nitrogens with two attached hydrogens (primary N) is 1. The van der Waals surface area contributed by atoms with E-state index in [0.717, 1.165) is 46.6 Å². The number of anilines is 4. The second kappa shape index (κ2) is 10.9. The van der Waals surface area contributed by atoms with Gasteiger partial charge in [-0.15, -0.1) is 0 Å². The second-order valence-corrected chi connectivity index (χ2v) is 8.07. The zero-order valence-electron chi connectivity index (χ0n) is 18.9. The van der Waals surface area contributed by atoms with Gasteiger partial charge in [0, 0.05) is 35.7 Å². The van der Waals surface area contributed by atoms with Crippen LogP contribution in [0.4, 0.5) is 27.5 Å². The molecule has 32 heavy (non-hydrogen) atoms. The Morgan fingerprint density at radius 3 is 2.25 bits per heavy atom. The molecule has 0 bridgehead atoms. The van der Waals surface area contributed by atoms with E-state index in [-0.39, 0.29) is 6.03 Å². The number of nitrogen functional groups attached to an aromatic ring is 1. The molecular weight excluding hydrogens is 420 g/mol. The standard InChI is InChI=1S/C26H31ClN4O/c1-4-19-8-15-24(28)23(5-2)25(19)30-26(32)31(22-13-11-21(29-3)12-14-22)17-16-18-6-9-20(27)10-7-18/h6-15,29H,4-5,16-17,28H2,1-3H3,(H,30,32). The van der Waals surface area contributed by atoms with E-state index >= 15 is 0 Å². The van der Waals surface area contributed by atoms with Crippen LogP contribution < -0.4 is 21.3 Å². The lowest BCUT2D eigenvalue weighted by molar-refractivity contribution is 0.257. The summed E-state index contributed by atoms with van der Waals surface area (Å²) in [6.07, 6.45) is 2.26. The van der Waals surface area contributed by atoms with Crippen LogP contribution in [0.3, 0.4) is 0 Å². The minimum atomic E-state index is -0.175. The van der Waals surface area contributed by atoms with Gasteiger partial charge in [-0.3, -0.25) is 4.90 Å². The van der Waals surface area contributed by atoms with Crippen LogP contribution in [0, 0.1) is 0 Å². The molecule has 0 heterocycles. The Balaban J connectivity index is 1.90. The number of aryl methyl sites for hydroxylation is 1. The number of carbonyl (C=O) groups is 1. The maximum Gasteiger partial charge on any atom is 0.326 e. The third-order valence-electron chi connectivity index (χ3n) is 5.65. The Labute approximate surface area is 195 Å². The van der Waals surface area contributed by atoms with Crippen molar-refractivity contribution in [3.63, 3.8) is 0 Å². The molecule has 6 heteroatoms. The van der Waals surface area contributed by atoms with E-state index in [1.54, 1.807) is 4.90 Å². The summed E-state index contributed by atoms with van der Waals surface area (Å²) in [5, 5.41) is 6.98. The molecule has 0 spiro atoms. The van der Waals surface area contributed by atoms with Gasteiger partial charge in [-0.1, -0.05) is 43.6 Å². The molecule has 3 rings (SSSR count). The number of benzene rings is 3. The number of nitrogens with one attached hydrogen (secondary N) is 2. The number of halogens is 1. The van der Waals surface area contributed by atoms with E-state index in [9.17, 15) is 4.79 Å². The maximum absolute atomic E-state index is 13.5. The average Bonchev–Trinajstić information content (AvgIpc) is 2.81. The highest BCUT2D eigenvalue weighted by atomic mass is 35.5. The summed E-state index contributed by atoms with van der Waals surface area (Å²) in [5.74, 6) is 0. The zero-order chi connectivity index (χ0) is 23.1. The SMILES string of the molecule is CCc1ccc(N)c(CC)c1NC(=O)N(CCc1ccc(Cl)cc1)c1ccc(NC)cc1. The van der Waals surface area contributed by atoms with E-state index in [1.165, 1.54) is 0 Å². The van der Waals surface area contributed by atoms with E-state index in [1.807, 2.05) is 67.7 Å². The topological polar surface area (TPSA) is 70.4 Å². The zero-order valence-corrected chi connectivity index (χ0v) is 19.7. The molecule has 0 radical (unpaired) electrons. The van der Waals surface area contributed by atoms with Gasteiger partial charge in [-0.05, 0) is 78.4 Å². The Bertz CT molecular complexity index is 1050. The molecule has 3 aromatic rings. The van der Waals surface area contributed by atoms with Crippen LogP contribution in [0.1, 0.15) is 30.5 Å². The summed E-state index contributed by atoms with van der Waals surface area (Å²) < 4.78 is 0. The molecule has 0 fully saturated rings. The highest BCUT2D eigenvalue weighted by Gasteiger charge is 2.19. The Kier molecular flexibility index (Phi) is 8.01. The first-order chi connectivity index (χ1) is 15.5. The van der Waals surface area contributed by atoms with Crippen LogP contribution >= 0.6 is 11.6 Å². The van der Waals surface area contributed by atoms with Crippen molar-refractivity contribution in [3.05, 3.63) is 82.4 Å². The maximum atomic E-state index is 13.5. The smallest absolute Gasteiger partial charge is 0.326 e. The molecule has 2 amide bonds. The predicted octanol–water partition coefficient (Wildman–Crippen LogP) is 6.37. The number of amides is 2. The minimum absolute atomic E-state index is 0.175. The van der Waals surface area contributed by atoms with Crippen LogP contribution in [-0.4, -0.2) is 19.6 Å². The summed E-state index contributed by atoms with van der Waals surface area (Å²) in [6, 6.07) is 19.3. The van der Waals surface area contributed by atoms with Gasteiger partial charge in [0.05, 0.1) is 5.69 Å². The van der Waals surface area contributed by atoms with Gasteiger partial charge >= 0.3 is 6.03 Å². The quantitative estimate of drug-likeness (QED) is 0.349. The van der Waals surface area contributed by atoms with Crippen LogP contribution in [0.25, 0.3) is 0 Å². The van der Waals surface area contributed by atoms with E-state index in [0.29, 0.717) is 23.7 Å². The summed E-state index contributed by atoms with van der Waals surface area (Å²) in [4.78, 5) is 15.3. The molecule has 0 atom stereocenters. The minimum Gasteiger partial charge on any atom is -0.398 e. The summed E-state index contributed by atoms with van der Waals surface area (Å²) in [7, 11) is 1.87. The molecule has 0 saturated carbocycles. The van der Waals surface area contributed by atoms with Crippen molar-refractivity contribution in [1.29, 1.82) is 0 Å². The number of nitrogens with zero attached hydrogens (tertiary/aromatic N) is 1. The van der Waals surface area contributed by atoms with Crippen LogP contribution in [0.15, 0.2) is 60.7 Å². The Hall–Kier alpha value is -3.18. The largest absolute Gasteiger partial charge is 0.398 e. The summed E-state index contributed by atoms with van der Waals surface area (Å²) in [6.45, 7) is 4.66. The third-order valence-corrected chi connectivity index (χ3v) is 5.90. The fourth-order valence-electron chi connectivity index (χ4n) is 3.77. The van der Waals surface area contributed by atoms with Crippen molar-refractivity contribution in [1.82, 2.24) is 0 Å². The average molecular weight is 451 g/mol. The van der Waals surface area contributed by atoms with E-state index in [4.69, 9.17) is 17.3 Å². The second-order valence-electron chi connectivity index (χ2n) is 7.63. The van der Waals surface area contributed by atoms with Crippen LogP contribution in [0.5, 0.6) is 0 Å².